The maximum Gasteiger partial charge on any atom is 0.295 e. The van der Waals surface area contributed by atoms with Crippen molar-refractivity contribution in [3.05, 3.63) is 118 Å². The summed E-state index contributed by atoms with van der Waals surface area (Å²) in [5, 5.41) is 5.35. The average molecular weight is 471 g/mol. The highest BCUT2D eigenvalue weighted by Gasteiger charge is 2.19. The fourth-order valence-electron chi connectivity index (χ4n) is 3.60. The summed E-state index contributed by atoms with van der Waals surface area (Å²) < 4.78 is 16.9. The largest absolute Gasteiger partial charge is 0.322 e. The van der Waals surface area contributed by atoms with Gasteiger partial charge >= 0.3 is 0 Å². The second kappa shape index (κ2) is 10.0. The van der Waals surface area contributed by atoms with E-state index in [2.05, 4.69) is 10.6 Å². The Morgan fingerprint density at radius 1 is 0.914 bits per heavy atom. The molecule has 4 aromatic rings. The number of nitrogens with zero attached hydrogens (tertiary/aromatic N) is 2. The number of carbonyl (C=O) groups excluding carboxylic acids is 2. The van der Waals surface area contributed by atoms with Gasteiger partial charge in [-0.1, -0.05) is 42.5 Å². The van der Waals surface area contributed by atoms with Gasteiger partial charge in [0.1, 0.15) is 11.5 Å². The molecule has 0 aliphatic carbocycles. The number of hydrogen-bond donors (Lipinski definition) is 2. The normalized spacial score (nSPS) is 10.9. The number of para-hydroxylation sites is 1. The molecule has 1 heterocycles. The Balaban J connectivity index is 1.51. The summed E-state index contributed by atoms with van der Waals surface area (Å²) in [5.41, 5.74) is 2.01. The summed E-state index contributed by atoms with van der Waals surface area (Å²) in [7, 11) is 1.74. The predicted octanol–water partition coefficient (Wildman–Crippen LogP) is 4.53. The van der Waals surface area contributed by atoms with Crippen LogP contribution in [0.4, 0.5) is 15.8 Å². The Hall–Kier alpha value is -4.72. The van der Waals surface area contributed by atoms with Crippen LogP contribution < -0.4 is 16.2 Å². The van der Waals surface area contributed by atoms with Gasteiger partial charge in [0, 0.05) is 29.9 Å². The van der Waals surface area contributed by atoms with Gasteiger partial charge in [0.2, 0.25) is 5.91 Å². The lowest BCUT2D eigenvalue weighted by Gasteiger charge is -2.07. The molecule has 0 unspecified atom stereocenters. The summed E-state index contributed by atoms with van der Waals surface area (Å²) in [6.07, 6.45) is 2.59. The van der Waals surface area contributed by atoms with Crippen molar-refractivity contribution >= 4 is 29.3 Å². The van der Waals surface area contributed by atoms with Crippen LogP contribution in [-0.2, 0) is 11.8 Å². The first-order valence-corrected chi connectivity index (χ1v) is 10.8. The molecule has 0 radical (unpaired) electrons. The molecule has 7 nitrogen and oxygen atoms in total. The topological polar surface area (TPSA) is 85.1 Å². The minimum Gasteiger partial charge on any atom is -0.322 e. The van der Waals surface area contributed by atoms with Gasteiger partial charge in [-0.15, -0.1) is 0 Å². The molecule has 3 aromatic carbocycles. The number of halogens is 1. The van der Waals surface area contributed by atoms with Gasteiger partial charge in [-0.3, -0.25) is 19.1 Å². The van der Waals surface area contributed by atoms with Gasteiger partial charge in [0.15, 0.2) is 0 Å². The molecule has 0 spiro atoms. The number of aromatic nitrogens is 2. The summed E-state index contributed by atoms with van der Waals surface area (Å²) in [6.45, 7) is 1.75. The van der Waals surface area contributed by atoms with E-state index in [1.54, 1.807) is 67.2 Å². The number of hydrogen-bond acceptors (Lipinski definition) is 3. The standard InChI is InChI=1S/C27H23FN4O3/c1-18-25(27(35)32(31(18)2)22-12-4-3-5-13-22)30-26(34)20-10-8-11-21(17-20)29-24(33)16-15-19-9-6-7-14-23(19)28/h3-17H,1-2H3,(H,29,33)(H,30,34)/b16-15+. The second-order valence-corrected chi connectivity index (χ2v) is 7.82. The predicted molar refractivity (Wildman–Crippen MR) is 134 cm³/mol. The number of nitrogens with one attached hydrogen (secondary N) is 2. The van der Waals surface area contributed by atoms with Gasteiger partial charge < -0.3 is 10.6 Å². The van der Waals surface area contributed by atoms with Crippen LogP contribution in [0.15, 0.2) is 89.7 Å². The smallest absolute Gasteiger partial charge is 0.295 e. The zero-order valence-electron chi connectivity index (χ0n) is 19.2. The molecule has 176 valence electrons. The molecule has 4 rings (SSSR count). The van der Waals surface area contributed by atoms with Crippen LogP contribution in [0.5, 0.6) is 0 Å². The monoisotopic (exact) mass is 470 g/mol. The van der Waals surface area contributed by atoms with E-state index in [0.29, 0.717) is 17.1 Å². The van der Waals surface area contributed by atoms with E-state index in [9.17, 15) is 18.8 Å². The van der Waals surface area contributed by atoms with Gasteiger partial charge in [-0.2, -0.15) is 0 Å². The molecule has 0 atom stereocenters. The molecule has 0 aliphatic heterocycles. The maximum atomic E-state index is 13.7. The molecule has 0 bridgehead atoms. The van der Waals surface area contributed by atoms with E-state index < -0.39 is 17.6 Å². The second-order valence-electron chi connectivity index (χ2n) is 7.82. The molecule has 0 fully saturated rings. The molecule has 35 heavy (non-hydrogen) atoms. The fourth-order valence-corrected chi connectivity index (χ4v) is 3.60. The first kappa shape index (κ1) is 23.4. The highest BCUT2D eigenvalue weighted by Crippen LogP contribution is 2.17. The summed E-state index contributed by atoms with van der Waals surface area (Å²) in [6, 6.07) is 21.5. The van der Waals surface area contributed by atoms with Crippen molar-refractivity contribution in [3.8, 4) is 5.69 Å². The molecule has 0 saturated heterocycles. The van der Waals surface area contributed by atoms with E-state index in [4.69, 9.17) is 0 Å². The van der Waals surface area contributed by atoms with Crippen LogP contribution in [0.2, 0.25) is 0 Å². The first-order valence-electron chi connectivity index (χ1n) is 10.8. The Kier molecular flexibility index (Phi) is 6.73. The third-order valence-corrected chi connectivity index (χ3v) is 5.50. The van der Waals surface area contributed by atoms with Gasteiger partial charge in [-0.05, 0) is 49.4 Å². The van der Waals surface area contributed by atoms with Gasteiger partial charge in [0.25, 0.3) is 11.5 Å². The van der Waals surface area contributed by atoms with E-state index in [1.165, 1.54) is 29.0 Å². The van der Waals surface area contributed by atoms with Crippen molar-refractivity contribution in [2.75, 3.05) is 10.6 Å². The van der Waals surface area contributed by atoms with Gasteiger partial charge in [0.05, 0.1) is 11.4 Å². The minimum absolute atomic E-state index is 0.170. The van der Waals surface area contributed by atoms with Crippen molar-refractivity contribution in [2.45, 2.75) is 6.92 Å². The number of carbonyl (C=O) groups is 2. The van der Waals surface area contributed by atoms with Crippen molar-refractivity contribution in [2.24, 2.45) is 7.05 Å². The van der Waals surface area contributed by atoms with E-state index in [0.717, 1.165) is 0 Å². The number of benzene rings is 3. The molecule has 0 saturated carbocycles. The van der Waals surface area contributed by atoms with E-state index in [-0.39, 0.29) is 22.4 Å². The molecular weight excluding hydrogens is 447 g/mol. The van der Waals surface area contributed by atoms with E-state index in [1.807, 2.05) is 18.2 Å². The van der Waals surface area contributed by atoms with Crippen molar-refractivity contribution in [1.82, 2.24) is 9.36 Å². The quantitative estimate of drug-likeness (QED) is 0.406. The van der Waals surface area contributed by atoms with Crippen LogP contribution in [0.1, 0.15) is 21.6 Å². The minimum atomic E-state index is -0.492. The lowest BCUT2D eigenvalue weighted by molar-refractivity contribution is -0.111. The molecule has 2 amide bonds. The van der Waals surface area contributed by atoms with Crippen LogP contribution in [0.25, 0.3) is 11.8 Å². The Morgan fingerprint density at radius 3 is 2.37 bits per heavy atom. The number of rotatable bonds is 6. The molecule has 0 aliphatic rings. The summed E-state index contributed by atoms with van der Waals surface area (Å²) in [5.74, 6) is -1.40. The summed E-state index contributed by atoms with van der Waals surface area (Å²) >= 11 is 0. The molecular formula is C27H23FN4O3. The number of anilines is 2. The van der Waals surface area contributed by atoms with Crippen molar-refractivity contribution in [1.29, 1.82) is 0 Å². The van der Waals surface area contributed by atoms with Crippen LogP contribution >= 0.6 is 0 Å². The SMILES string of the molecule is Cc1c(NC(=O)c2cccc(NC(=O)/C=C/c3ccccc3F)c2)c(=O)n(-c2ccccc2)n1C. The highest BCUT2D eigenvalue weighted by atomic mass is 19.1. The Bertz CT molecular complexity index is 1490. The first-order chi connectivity index (χ1) is 16.8. The Labute approximate surface area is 201 Å². The number of amides is 2. The molecule has 2 N–H and O–H groups in total. The highest BCUT2D eigenvalue weighted by molar-refractivity contribution is 6.06. The average Bonchev–Trinajstić information content (AvgIpc) is 3.07. The third kappa shape index (κ3) is 5.11. The lowest BCUT2D eigenvalue weighted by Crippen LogP contribution is -2.23. The lowest BCUT2D eigenvalue weighted by atomic mass is 10.1. The van der Waals surface area contributed by atoms with Crippen molar-refractivity contribution < 1.29 is 14.0 Å². The van der Waals surface area contributed by atoms with Crippen LogP contribution in [0.3, 0.4) is 0 Å². The maximum absolute atomic E-state index is 13.7. The summed E-state index contributed by atoms with van der Waals surface area (Å²) in [4.78, 5) is 38.2. The molecule has 1 aromatic heterocycles. The van der Waals surface area contributed by atoms with E-state index >= 15 is 0 Å². The zero-order chi connectivity index (χ0) is 24.9. The third-order valence-electron chi connectivity index (χ3n) is 5.50. The van der Waals surface area contributed by atoms with Crippen molar-refractivity contribution in [3.63, 3.8) is 0 Å². The Morgan fingerprint density at radius 2 is 1.63 bits per heavy atom. The zero-order valence-corrected chi connectivity index (χ0v) is 19.2. The van der Waals surface area contributed by atoms with Crippen LogP contribution in [-0.4, -0.2) is 21.2 Å². The van der Waals surface area contributed by atoms with Crippen LogP contribution in [0, 0.1) is 12.7 Å². The fraction of sp³-hybridized carbons (Fsp3) is 0.0741. The van der Waals surface area contributed by atoms with Gasteiger partial charge in [-0.25, -0.2) is 9.07 Å². The molecule has 8 heteroatoms.